The van der Waals surface area contributed by atoms with Gasteiger partial charge in [0, 0.05) is 25.9 Å². The molecule has 0 saturated carbocycles. The molecule has 0 aliphatic carbocycles. The zero-order chi connectivity index (χ0) is 8.91. The minimum atomic E-state index is -2.82. The van der Waals surface area contributed by atoms with Crippen molar-refractivity contribution in [1.29, 1.82) is 0 Å². The Bertz CT molecular complexity index is 189. The van der Waals surface area contributed by atoms with Gasteiger partial charge < -0.3 is 10.6 Å². The summed E-state index contributed by atoms with van der Waals surface area (Å²) in [7, 11) is -0.961. The average Bonchev–Trinajstić information content (AvgIpc) is 1.83. The summed E-state index contributed by atoms with van der Waals surface area (Å²) in [5, 5.41) is 0. The van der Waals surface area contributed by atoms with Gasteiger partial charge in [-0.05, 0) is 7.05 Å². The van der Waals surface area contributed by atoms with Gasteiger partial charge in [-0.15, -0.1) is 0 Å². The van der Waals surface area contributed by atoms with Crippen molar-refractivity contribution in [3.8, 4) is 0 Å². The first kappa shape index (κ1) is 10.9. The van der Waals surface area contributed by atoms with Crippen molar-refractivity contribution >= 4 is 9.84 Å². The predicted octanol–water partition coefficient (Wildman–Crippen LogP) is -1.08. The lowest BCUT2D eigenvalue weighted by molar-refractivity contribution is 0.363. The van der Waals surface area contributed by atoms with Gasteiger partial charge >= 0.3 is 0 Å². The van der Waals surface area contributed by atoms with E-state index in [1.807, 2.05) is 11.9 Å². The summed E-state index contributed by atoms with van der Waals surface area (Å²) in [6, 6.07) is 0. The minimum Gasteiger partial charge on any atom is -0.329 e. The normalized spacial score (nSPS) is 12.4. The summed E-state index contributed by atoms with van der Waals surface area (Å²) in [4.78, 5) is 1.90. The highest BCUT2D eigenvalue weighted by atomic mass is 32.2. The smallest absolute Gasteiger partial charge is 0.148 e. The lowest BCUT2D eigenvalue weighted by Gasteiger charge is -2.13. The Morgan fingerprint density at radius 1 is 1.36 bits per heavy atom. The van der Waals surface area contributed by atoms with Crippen LogP contribution in [-0.2, 0) is 9.84 Å². The third-order valence-corrected chi connectivity index (χ3v) is 2.28. The van der Waals surface area contributed by atoms with Gasteiger partial charge in [-0.3, -0.25) is 0 Å². The molecule has 0 aromatic rings. The Morgan fingerprint density at radius 3 is 2.27 bits per heavy atom. The Labute approximate surface area is 68.3 Å². The predicted molar refractivity (Wildman–Crippen MR) is 46.3 cm³/mol. The second kappa shape index (κ2) is 4.69. The van der Waals surface area contributed by atoms with Crippen LogP contribution in [0.1, 0.15) is 0 Å². The van der Waals surface area contributed by atoms with Crippen LogP contribution in [0.4, 0.5) is 0 Å². The molecule has 0 aromatic heterocycles. The number of hydrogen-bond acceptors (Lipinski definition) is 4. The van der Waals surface area contributed by atoms with Crippen molar-refractivity contribution in [2.45, 2.75) is 0 Å². The van der Waals surface area contributed by atoms with Crippen LogP contribution in [-0.4, -0.2) is 52.0 Å². The highest BCUT2D eigenvalue weighted by Crippen LogP contribution is 1.86. The average molecular weight is 180 g/mol. The lowest BCUT2D eigenvalue weighted by atomic mass is 10.5. The van der Waals surface area contributed by atoms with Crippen molar-refractivity contribution in [3.63, 3.8) is 0 Å². The van der Waals surface area contributed by atoms with Crippen LogP contribution >= 0.6 is 0 Å². The lowest BCUT2D eigenvalue weighted by Crippen LogP contribution is -2.29. The number of likely N-dealkylation sites (N-methyl/N-ethyl adjacent to an activating group) is 1. The zero-order valence-electron chi connectivity index (χ0n) is 7.08. The molecule has 0 atom stereocenters. The maximum Gasteiger partial charge on any atom is 0.148 e. The minimum absolute atomic E-state index is 0.212. The molecular weight excluding hydrogens is 164 g/mol. The van der Waals surface area contributed by atoms with Gasteiger partial charge in [0.05, 0.1) is 5.75 Å². The molecule has 0 aliphatic rings. The monoisotopic (exact) mass is 180 g/mol. The van der Waals surface area contributed by atoms with E-state index in [2.05, 4.69) is 0 Å². The zero-order valence-corrected chi connectivity index (χ0v) is 7.89. The topological polar surface area (TPSA) is 63.4 Å². The number of nitrogens with zero attached hydrogens (tertiary/aromatic N) is 1. The standard InChI is InChI=1S/C6H16N2O2S/c1-8(4-3-7)5-6-11(2,9)10/h3-7H2,1-2H3. The van der Waals surface area contributed by atoms with Crippen molar-refractivity contribution in [2.24, 2.45) is 5.73 Å². The maximum atomic E-state index is 10.7. The van der Waals surface area contributed by atoms with Gasteiger partial charge in [0.1, 0.15) is 9.84 Å². The van der Waals surface area contributed by atoms with Crippen molar-refractivity contribution in [1.82, 2.24) is 4.90 Å². The van der Waals surface area contributed by atoms with E-state index in [-0.39, 0.29) is 5.75 Å². The number of nitrogens with two attached hydrogens (primary N) is 1. The quantitative estimate of drug-likeness (QED) is 0.584. The summed E-state index contributed by atoms with van der Waals surface area (Å²) in [5.41, 5.74) is 5.28. The summed E-state index contributed by atoms with van der Waals surface area (Å²) in [6.45, 7) is 1.88. The molecule has 11 heavy (non-hydrogen) atoms. The van der Waals surface area contributed by atoms with Crippen LogP contribution in [0.2, 0.25) is 0 Å². The first-order valence-corrected chi connectivity index (χ1v) is 5.58. The molecule has 0 unspecified atom stereocenters. The second-order valence-electron chi connectivity index (χ2n) is 2.72. The van der Waals surface area contributed by atoms with Crippen molar-refractivity contribution in [2.75, 3.05) is 38.7 Å². The molecule has 0 heterocycles. The molecule has 0 radical (unpaired) electrons. The molecule has 0 saturated heterocycles. The molecular formula is C6H16N2O2S. The van der Waals surface area contributed by atoms with E-state index in [0.717, 1.165) is 6.54 Å². The Balaban J connectivity index is 3.54. The largest absolute Gasteiger partial charge is 0.329 e. The number of sulfone groups is 1. The fourth-order valence-corrected chi connectivity index (χ4v) is 1.30. The molecule has 0 aromatic carbocycles. The molecule has 0 fully saturated rings. The molecule has 0 spiro atoms. The fraction of sp³-hybridized carbons (Fsp3) is 1.00. The fourth-order valence-electron chi connectivity index (χ4n) is 0.654. The highest BCUT2D eigenvalue weighted by Gasteiger charge is 2.03. The van der Waals surface area contributed by atoms with E-state index >= 15 is 0 Å². The summed E-state index contributed by atoms with van der Waals surface area (Å²) >= 11 is 0. The van der Waals surface area contributed by atoms with E-state index in [1.54, 1.807) is 0 Å². The van der Waals surface area contributed by atoms with Gasteiger partial charge in [0.25, 0.3) is 0 Å². The second-order valence-corrected chi connectivity index (χ2v) is 4.98. The van der Waals surface area contributed by atoms with Gasteiger partial charge in [0.15, 0.2) is 0 Å². The SMILES string of the molecule is CN(CCN)CCS(C)(=O)=O. The summed E-state index contributed by atoms with van der Waals surface area (Å²) < 4.78 is 21.4. The van der Waals surface area contributed by atoms with E-state index < -0.39 is 9.84 Å². The molecule has 5 heteroatoms. The summed E-state index contributed by atoms with van der Waals surface area (Å²) in [6.07, 6.45) is 1.24. The molecule has 0 rings (SSSR count). The van der Waals surface area contributed by atoms with E-state index in [9.17, 15) is 8.42 Å². The van der Waals surface area contributed by atoms with Crippen LogP contribution < -0.4 is 5.73 Å². The van der Waals surface area contributed by atoms with E-state index in [0.29, 0.717) is 13.1 Å². The first-order valence-electron chi connectivity index (χ1n) is 3.52. The molecule has 68 valence electrons. The molecule has 0 amide bonds. The summed E-state index contributed by atoms with van der Waals surface area (Å²) in [5.74, 6) is 0.212. The number of hydrogen-bond donors (Lipinski definition) is 1. The van der Waals surface area contributed by atoms with Crippen molar-refractivity contribution in [3.05, 3.63) is 0 Å². The van der Waals surface area contributed by atoms with E-state index in [4.69, 9.17) is 5.73 Å². The van der Waals surface area contributed by atoms with Gasteiger partial charge in [-0.1, -0.05) is 0 Å². The van der Waals surface area contributed by atoms with Crippen LogP contribution in [0.3, 0.4) is 0 Å². The molecule has 0 bridgehead atoms. The Hall–Kier alpha value is -0.130. The van der Waals surface area contributed by atoms with Gasteiger partial charge in [-0.25, -0.2) is 8.42 Å². The van der Waals surface area contributed by atoms with Crippen molar-refractivity contribution < 1.29 is 8.42 Å². The first-order chi connectivity index (χ1) is 4.95. The Kier molecular flexibility index (Phi) is 4.63. The highest BCUT2D eigenvalue weighted by molar-refractivity contribution is 7.90. The van der Waals surface area contributed by atoms with Crippen LogP contribution in [0.25, 0.3) is 0 Å². The van der Waals surface area contributed by atoms with Crippen LogP contribution in [0.15, 0.2) is 0 Å². The van der Waals surface area contributed by atoms with Crippen LogP contribution in [0.5, 0.6) is 0 Å². The maximum absolute atomic E-state index is 10.7. The van der Waals surface area contributed by atoms with E-state index in [1.165, 1.54) is 6.26 Å². The molecule has 4 nitrogen and oxygen atoms in total. The molecule has 2 N–H and O–H groups in total. The van der Waals surface area contributed by atoms with Crippen LogP contribution in [0, 0.1) is 0 Å². The third-order valence-electron chi connectivity index (χ3n) is 1.35. The van der Waals surface area contributed by atoms with Gasteiger partial charge in [0.2, 0.25) is 0 Å². The van der Waals surface area contributed by atoms with Gasteiger partial charge in [-0.2, -0.15) is 0 Å². The molecule has 0 aliphatic heterocycles. The Morgan fingerprint density at radius 2 is 1.91 bits per heavy atom. The number of rotatable bonds is 5. The third kappa shape index (κ3) is 7.77.